The Kier molecular flexibility index (Phi) is 5.50. The van der Waals surface area contributed by atoms with Gasteiger partial charge < -0.3 is 4.90 Å². The zero-order valence-corrected chi connectivity index (χ0v) is 17.4. The average molecular weight is 391 g/mol. The minimum atomic E-state index is -3.50. The lowest BCUT2D eigenvalue weighted by Gasteiger charge is -2.32. The van der Waals surface area contributed by atoms with Gasteiger partial charge in [-0.05, 0) is 50.2 Å². The smallest absolute Gasteiger partial charge is 0.240 e. The summed E-state index contributed by atoms with van der Waals surface area (Å²) >= 11 is 0. The van der Waals surface area contributed by atoms with Crippen molar-refractivity contribution >= 4 is 15.9 Å². The Morgan fingerprint density at radius 1 is 1.15 bits per heavy atom. The summed E-state index contributed by atoms with van der Waals surface area (Å²) in [5.41, 5.74) is 1.26. The summed E-state index contributed by atoms with van der Waals surface area (Å²) in [6.45, 7) is 9.66. The Bertz CT molecular complexity index is 818. The van der Waals surface area contributed by atoms with E-state index in [1.165, 1.54) is 5.57 Å². The number of hydrogen-bond donors (Lipinski definition) is 1. The van der Waals surface area contributed by atoms with Crippen LogP contribution in [0.4, 0.5) is 0 Å². The number of benzene rings is 1. The summed E-state index contributed by atoms with van der Waals surface area (Å²) in [4.78, 5) is 15.1. The molecule has 1 aliphatic carbocycles. The molecular weight excluding hydrogens is 360 g/mol. The topological polar surface area (TPSA) is 66.5 Å². The number of nitrogens with zero attached hydrogens (tertiary/aromatic N) is 1. The molecule has 27 heavy (non-hydrogen) atoms. The van der Waals surface area contributed by atoms with Gasteiger partial charge in [-0.3, -0.25) is 4.79 Å². The first-order chi connectivity index (χ1) is 12.6. The van der Waals surface area contributed by atoms with Crippen molar-refractivity contribution in [3.05, 3.63) is 42.0 Å². The molecule has 0 radical (unpaired) electrons. The number of allylic oxidation sites excluding steroid dienone is 2. The molecule has 3 rings (SSSR count). The molecule has 1 heterocycles. The zero-order chi connectivity index (χ0) is 19.8. The molecule has 0 aromatic heterocycles. The number of amides is 1. The standard InChI is InChI=1S/C21H30N2O3S/c1-15(2)14-18-19(21(18,3)4)20(24)23-12-10-16(11-13-23)22-27(25,26)17-8-6-5-7-9-17/h5-9,14,16,18-19,22H,10-13H2,1-4H3. The first-order valence-electron chi connectivity index (χ1n) is 9.64. The van der Waals surface area contributed by atoms with Gasteiger partial charge in [0.15, 0.2) is 0 Å². The number of piperidine rings is 1. The zero-order valence-electron chi connectivity index (χ0n) is 16.6. The van der Waals surface area contributed by atoms with Crippen molar-refractivity contribution in [3.8, 4) is 0 Å². The van der Waals surface area contributed by atoms with Crippen LogP contribution in [0.5, 0.6) is 0 Å². The Hall–Kier alpha value is -1.66. The first-order valence-corrected chi connectivity index (χ1v) is 11.1. The summed E-state index contributed by atoms with van der Waals surface area (Å²) in [7, 11) is -3.50. The number of carbonyl (C=O) groups excluding carboxylic acids is 1. The summed E-state index contributed by atoms with van der Waals surface area (Å²) in [5, 5.41) is 0. The van der Waals surface area contributed by atoms with Crippen LogP contribution >= 0.6 is 0 Å². The second-order valence-corrected chi connectivity index (χ2v) is 10.3. The van der Waals surface area contributed by atoms with Gasteiger partial charge in [0.25, 0.3) is 0 Å². The maximum Gasteiger partial charge on any atom is 0.240 e. The van der Waals surface area contributed by atoms with E-state index in [0.29, 0.717) is 31.8 Å². The SMILES string of the molecule is CC(C)=CC1C(C(=O)N2CCC(NS(=O)(=O)c3ccccc3)CC2)C1(C)C. The number of likely N-dealkylation sites (tertiary alicyclic amines) is 1. The minimum absolute atomic E-state index is 0.0140. The van der Waals surface area contributed by atoms with Crippen molar-refractivity contribution in [1.82, 2.24) is 9.62 Å². The summed E-state index contributed by atoms with van der Waals surface area (Å²) in [6.07, 6.45) is 3.51. The molecule has 2 aliphatic rings. The Labute approximate surface area is 162 Å². The van der Waals surface area contributed by atoms with Gasteiger partial charge in [0.05, 0.1) is 10.8 Å². The molecule has 0 spiro atoms. The summed E-state index contributed by atoms with van der Waals surface area (Å²) in [6, 6.07) is 8.30. The van der Waals surface area contributed by atoms with Crippen LogP contribution in [0.1, 0.15) is 40.5 Å². The van der Waals surface area contributed by atoms with Crippen LogP contribution < -0.4 is 4.72 Å². The number of nitrogens with one attached hydrogen (secondary N) is 1. The molecule has 5 nitrogen and oxygen atoms in total. The van der Waals surface area contributed by atoms with E-state index in [9.17, 15) is 13.2 Å². The van der Waals surface area contributed by atoms with Crippen molar-refractivity contribution < 1.29 is 13.2 Å². The van der Waals surface area contributed by atoms with E-state index in [2.05, 4.69) is 38.5 Å². The van der Waals surface area contributed by atoms with Crippen LogP contribution in [0.25, 0.3) is 0 Å². The highest BCUT2D eigenvalue weighted by atomic mass is 32.2. The monoisotopic (exact) mass is 390 g/mol. The molecule has 1 amide bonds. The fraction of sp³-hybridized carbons (Fsp3) is 0.571. The van der Waals surface area contributed by atoms with Crippen molar-refractivity contribution in [1.29, 1.82) is 0 Å². The lowest BCUT2D eigenvalue weighted by molar-refractivity contribution is -0.134. The van der Waals surface area contributed by atoms with Crippen LogP contribution in [0, 0.1) is 17.3 Å². The van der Waals surface area contributed by atoms with Crippen LogP contribution in [0.15, 0.2) is 46.9 Å². The normalized spacial score (nSPS) is 25.1. The molecule has 148 valence electrons. The third kappa shape index (κ3) is 4.27. The van der Waals surface area contributed by atoms with Crippen LogP contribution in [0.2, 0.25) is 0 Å². The maximum atomic E-state index is 12.9. The fourth-order valence-electron chi connectivity index (χ4n) is 4.12. The third-order valence-electron chi connectivity index (χ3n) is 5.87. The minimum Gasteiger partial charge on any atom is -0.342 e. The third-order valence-corrected chi connectivity index (χ3v) is 7.41. The van der Waals surface area contributed by atoms with E-state index >= 15 is 0 Å². The van der Waals surface area contributed by atoms with Crippen molar-refractivity contribution in [2.75, 3.05) is 13.1 Å². The quantitative estimate of drug-likeness (QED) is 0.785. The molecule has 6 heteroatoms. The van der Waals surface area contributed by atoms with E-state index in [4.69, 9.17) is 0 Å². The number of sulfonamides is 1. The number of carbonyl (C=O) groups is 1. The predicted octanol–water partition coefficient (Wildman–Crippen LogP) is 3.19. The van der Waals surface area contributed by atoms with Gasteiger partial charge in [-0.25, -0.2) is 13.1 Å². The second-order valence-electron chi connectivity index (χ2n) is 8.60. The van der Waals surface area contributed by atoms with E-state index in [1.807, 2.05) is 4.90 Å². The molecule has 1 saturated heterocycles. The molecule has 2 unspecified atom stereocenters. The fourth-order valence-corrected chi connectivity index (χ4v) is 5.45. The van der Waals surface area contributed by atoms with E-state index in [1.54, 1.807) is 30.3 Å². The number of hydrogen-bond acceptors (Lipinski definition) is 3. The Balaban J connectivity index is 1.57. The van der Waals surface area contributed by atoms with Crippen molar-refractivity contribution in [3.63, 3.8) is 0 Å². The van der Waals surface area contributed by atoms with Gasteiger partial charge >= 0.3 is 0 Å². The van der Waals surface area contributed by atoms with Gasteiger partial charge in [0.2, 0.25) is 15.9 Å². The largest absolute Gasteiger partial charge is 0.342 e. The highest BCUT2D eigenvalue weighted by molar-refractivity contribution is 7.89. The first kappa shape index (κ1) is 20.1. The van der Waals surface area contributed by atoms with Crippen molar-refractivity contribution in [2.45, 2.75) is 51.5 Å². The lowest BCUT2D eigenvalue weighted by Crippen LogP contribution is -2.47. The van der Waals surface area contributed by atoms with Gasteiger partial charge in [-0.2, -0.15) is 0 Å². The number of rotatable bonds is 5. The van der Waals surface area contributed by atoms with E-state index < -0.39 is 10.0 Å². The predicted molar refractivity (Wildman–Crippen MR) is 107 cm³/mol. The van der Waals surface area contributed by atoms with Gasteiger partial charge in [-0.15, -0.1) is 0 Å². The van der Waals surface area contributed by atoms with E-state index in [-0.39, 0.29) is 28.2 Å². The van der Waals surface area contributed by atoms with Crippen LogP contribution in [0.3, 0.4) is 0 Å². The molecule has 1 saturated carbocycles. The Morgan fingerprint density at radius 2 is 1.74 bits per heavy atom. The van der Waals surface area contributed by atoms with Gasteiger partial charge in [0.1, 0.15) is 0 Å². The molecular formula is C21H30N2O3S. The van der Waals surface area contributed by atoms with E-state index in [0.717, 1.165) is 0 Å². The maximum absolute atomic E-state index is 12.9. The Morgan fingerprint density at radius 3 is 2.30 bits per heavy atom. The molecule has 1 N–H and O–H groups in total. The summed E-state index contributed by atoms with van der Waals surface area (Å²) in [5.74, 6) is 0.570. The molecule has 2 atom stereocenters. The second kappa shape index (κ2) is 7.40. The molecule has 1 aromatic rings. The van der Waals surface area contributed by atoms with Gasteiger partial charge in [-0.1, -0.05) is 43.7 Å². The van der Waals surface area contributed by atoms with Crippen LogP contribution in [-0.4, -0.2) is 38.4 Å². The summed E-state index contributed by atoms with van der Waals surface area (Å²) < 4.78 is 27.7. The highest BCUT2D eigenvalue weighted by Gasteiger charge is 2.61. The van der Waals surface area contributed by atoms with Crippen LogP contribution in [-0.2, 0) is 14.8 Å². The lowest BCUT2D eigenvalue weighted by atomic mass is 10.0. The van der Waals surface area contributed by atoms with Crippen molar-refractivity contribution in [2.24, 2.45) is 17.3 Å². The van der Waals surface area contributed by atoms with Gasteiger partial charge in [0, 0.05) is 19.1 Å². The molecule has 1 aromatic carbocycles. The molecule has 0 bridgehead atoms. The molecule has 1 aliphatic heterocycles. The average Bonchev–Trinajstić information content (AvgIpc) is 3.14. The highest BCUT2D eigenvalue weighted by Crippen LogP contribution is 2.60. The molecule has 2 fully saturated rings.